The molecule has 1 fully saturated rings. The van der Waals surface area contributed by atoms with E-state index in [0.29, 0.717) is 19.6 Å². The maximum absolute atomic E-state index is 12.6. The summed E-state index contributed by atoms with van der Waals surface area (Å²) in [5.74, 6) is 0.150. The van der Waals surface area contributed by atoms with Crippen molar-refractivity contribution >= 4 is 11.8 Å². The molecular formula is C14H23N3O2. The van der Waals surface area contributed by atoms with E-state index in [4.69, 9.17) is 0 Å². The fourth-order valence-corrected chi connectivity index (χ4v) is 2.75. The minimum absolute atomic E-state index is 0.0469. The van der Waals surface area contributed by atoms with E-state index in [9.17, 15) is 9.59 Å². The fourth-order valence-electron chi connectivity index (χ4n) is 2.75. The molecule has 2 amide bonds. The predicted octanol–water partition coefficient (Wildman–Crippen LogP) is 0.279. The smallest absolute Gasteiger partial charge is 0.244 e. The van der Waals surface area contributed by atoms with Crippen LogP contribution in [0, 0.1) is 5.92 Å². The van der Waals surface area contributed by atoms with Crippen molar-refractivity contribution in [3.63, 3.8) is 0 Å². The van der Waals surface area contributed by atoms with Gasteiger partial charge in [-0.25, -0.2) is 0 Å². The van der Waals surface area contributed by atoms with E-state index in [1.807, 2.05) is 6.92 Å². The van der Waals surface area contributed by atoms with Gasteiger partial charge in [0.15, 0.2) is 0 Å². The van der Waals surface area contributed by atoms with E-state index in [1.165, 1.54) is 0 Å². The highest BCUT2D eigenvalue weighted by Crippen LogP contribution is 2.22. The zero-order chi connectivity index (χ0) is 13.7. The minimum atomic E-state index is -0.355. The normalized spacial score (nSPS) is 27.1. The van der Waals surface area contributed by atoms with Gasteiger partial charge in [-0.05, 0) is 26.2 Å². The fraction of sp³-hybridized carbons (Fsp3) is 0.714. The molecule has 1 aliphatic carbocycles. The van der Waals surface area contributed by atoms with Crippen LogP contribution in [-0.2, 0) is 9.59 Å². The van der Waals surface area contributed by atoms with Crippen LogP contribution in [0.2, 0.25) is 0 Å². The van der Waals surface area contributed by atoms with E-state index in [0.717, 1.165) is 25.8 Å². The first kappa shape index (κ1) is 14.1. The van der Waals surface area contributed by atoms with Crippen molar-refractivity contribution in [1.29, 1.82) is 0 Å². The van der Waals surface area contributed by atoms with Gasteiger partial charge in [0.05, 0.1) is 0 Å². The largest absolute Gasteiger partial charge is 0.355 e. The van der Waals surface area contributed by atoms with Crippen LogP contribution >= 0.6 is 0 Å². The number of carbonyl (C=O) groups excluding carboxylic acids is 2. The van der Waals surface area contributed by atoms with Crippen LogP contribution in [-0.4, -0.2) is 48.9 Å². The summed E-state index contributed by atoms with van der Waals surface area (Å²) in [6.07, 6.45) is 6.89. The maximum Gasteiger partial charge on any atom is 0.244 e. The molecule has 0 aromatic heterocycles. The number of hydrogen-bond acceptors (Lipinski definition) is 3. The standard InChI is InChI=1S/C14H23N3O2/c1-2-16-13(18)12-10-15-8-9-17(12)14(19)11-6-4-3-5-7-11/h3-4,11-12,15H,2,5-10H2,1H3,(H,16,18). The molecule has 5 nitrogen and oxygen atoms in total. The van der Waals surface area contributed by atoms with E-state index in [-0.39, 0.29) is 23.8 Å². The van der Waals surface area contributed by atoms with Gasteiger partial charge < -0.3 is 15.5 Å². The lowest BCUT2D eigenvalue weighted by Gasteiger charge is -2.37. The number of amides is 2. The summed E-state index contributed by atoms with van der Waals surface area (Å²) in [4.78, 5) is 26.4. The second kappa shape index (κ2) is 6.70. The quantitative estimate of drug-likeness (QED) is 0.721. The van der Waals surface area contributed by atoms with Crippen molar-refractivity contribution in [2.24, 2.45) is 5.92 Å². The summed E-state index contributed by atoms with van der Waals surface area (Å²) in [6, 6.07) is -0.355. The third-order valence-electron chi connectivity index (χ3n) is 3.80. The SMILES string of the molecule is CCNC(=O)C1CNCCN1C(=O)C1CC=CCC1. The highest BCUT2D eigenvalue weighted by Gasteiger charge is 2.34. The average Bonchev–Trinajstić information content (AvgIpc) is 2.47. The number of nitrogens with one attached hydrogen (secondary N) is 2. The van der Waals surface area contributed by atoms with Crippen molar-refractivity contribution in [1.82, 2.24) is 15.5 Å². The molecule has 1 heterocycles. The first-order chi connectivity index (χ1) is 9.24. The third-order valence-corrected chi connectivity index (χ3v) is 3.80. The van der Waals surface area contributed by atoms with Gasteiger partial charge >= 0.3 is 0 Å². The predicted molar refractivity (Wildman–Crippen MR) is 73.5 cm³/mol. The van der Waals surface area contributed by atoms with Crippen LogP contribution in [0.1, 0.15) is 26.2 Å². The molecule has 106 valence electrons. The number of nitrogens with zero attached hydrogens (tertiary/aromatic N) is 1. The molecule has 2 rings (SSSR count). The monoisotopic (exact) mass is 265 g/mol. The van der Waals surface area contributed by atoms with Gasteiger partial charge in [0.1, 0.15) is 6.04 Å². The van der Waals surface area contributed by atoms with Crippen molar-refractivity contribution < 1.29 is 9.59 Å². The molecule has 1 saturated heterocycles. The Morgan fingerprint density at radius 3 is 2.95 bits per heavy atom. The summed E-state index contributed by atoms with van der Waals surface area (Å²) < 4.78 is 0. The van der Waals surface area contributed by atoms with Crippen molar-refractivity contribution in [3.05, 3.63) is 12.2 Å². The number of likely N-dealkylation sites (N-methyl/N-ethyl adjacent to an activating group) is 1. The van der Waals surface area contributed by atoms with Crippen molar-refractivity contribution in [2.75, 3.05) is 26.2 Å². The summed E-state index contributed by atoms with van der Waals surface area (Å²) in [5, 5.41) is 6.01. The Bertz CT molecular complexity index is 368. The molecule has 0 aromatic rings. The van der Waals surface area contributed by atoms with Crippen LogP contribution in [0.5, 0.6) is 0 Å². The summed E-state index contributed by atoms with van der Waals surface area (Å²) in [6.45, 7) is 4.45. The molecule has 0 radical (unpaired) electrons. The second-order valence-electron chi connectivity index (χ2n) is 5.13. The maximum atomic E-state index is 12.6. The van der Waals surface area contributed by atoms with E-state index in [1.54, 1.807) is 4.90 Å². The lowest BCUT2D eigenvalue weighted by molar-refractivity contribution is -0.144. The Morgan fingerprint density at radius 1 is 1.42 bits per heavy atom. The van der Waals surface area contributed by atoms with Crippen molar-refractivity contribution in [2.45, 2.75) is 32.2 Å². The second-order valence-corrected chi connectivity index (χ2v) is 5.13. The lowest BCUT2D eigenvalue weighted by Crippen LogP contribution is -2.60. The molecular weight excluding hydrogens is 242 g/mol. The first-order valence-electron chi connectivity index (χ1n) is 7.18. The lowest BCUT2D eigenvalue weighted by atomic mass is 9.92. The van der Waals surface area contributed by atoms with Crippen molar-refractivity contribution in [3.8, 4) is 0 Å². The minimum Gasteiger partial charge on any atom is -0.355 e. The molecule has 0 saturated carbocycles. The number of hydrogen-bond donors (Lipinski definition) is 2. The van der Waals surface area contributed by atoms with Crippen LogP contribution in [0.15, 0.2) is 12.2 Å². The number of rotatable bonds is 3. The molecule has 19 heavy (non-hydrogen) atoms. The zero-order valence-corrected chi connectivity index (χ0v) is 11.5. The number of carbonyl (C=O) groups is 2. The van der Waals surface area contributed by atoms with Crippen LogP contribution in [0.25, 0.3) is 0 Å². The molecule has 2 atom stereocenters. The topological polar surface area (TPSA) is 61.4 Å². The Morgan fingerprint density at radius 2 is 2.26 bits per heavy atom. The molecule has 0 spiro atoms. The summed E-state index contributed by atoms with van der Waals surface area (Å²) >= 11 is 0. The van der Waals surface area contributed by atoms with E-state index in [2.05, 4.69) is 22.8 Å². The van der Waals surface area contributed by atoms with Gasteiger partial charge in [-0.1, -0.05) is 12.2 Å². The Balaban J connectivity index is 2.03. The molecule has 2 N–H and O–H groups in total. The summed E-state index contributed by atoms with van der Waals surface area (Å²) in [5.41, 5.74) is 0. The third kappa shape index (κ3) is 3.35. The molecule has 0 bridgehead atoms. The van der Waals surface area contributed by atoms with Gasteiger partial charge in [0, 0.05) is 32.1 Å². The van der Waals surface area contributed by atoms with E-state index < -0.39 is 0 Å². The first-order valence-corrected chi connectivity index (χ1v) is 7.18. The summed E-state index contributed by atoms with van der Waals surface area (Å²) in [7, 11) is 0. The van der Waals surface area contributed by atoms with Crippen LogP contribution in [0.3, 0.4) is 0 Å². The van der Waals surface area contributed by atoms with Gasteiger partial charge in [-0.3, -0.25) is 9.59 Å². The van der Waals surface area contributed by atoms with Gasteiger partial charge in [0.25, 0.3) is 0 Å². The van der Waals surface area contributed by atoms with Crippen LogP contribution < -0.4 is 10.6 Å². The Labute approximate surface area is 114 Å². The molecule has 5 heteroatoms. The number of allylic oxidation sites excluding steroid dienone is 2. The van der Waals surface area contributed by atoms with Crippen LogP contribution in [0.4, 0.5) is 0 Å². The Kier molecular flexibility index (Phi) is 4.96. The van der Waals surface area contributed by atoms with Gasteiger partial charge in [-0.2, -0.15) is 0 Å². The Hall–Kier alpha value is -1.36. The van der Waals surface area contributed by atoms with Gasteiger partial charge in [0.2, 0.25) is 11.8 Å². The number of piperazine rings is 1. The molecule has 2 unspecified atom stereocenters. The highest BCUT2D eigenvalue weighted by atomic mass is 16.2. The highest BCUT2D eigenvalue weighted by molar-refractivity contribution is 5.89. The molecule has 2 aliphatic rings. The zero-order valence-electron chi connectivity index (χ0n) is 11.5. The molecule has 0 aromatic carbocycles. The van der Waals surface area contributed by atoms with Gasteiger partial charge in [-0.15, -0.1) is 0 Å². The van der Waals surface area contributed by atoms with E-state index >= 15 is 0 Å². The average molecular weight is 265 g/mol. The molecule has 1 aliphatic heterocycles.